The predicted octanol–water partition coefficient (Wildman–Crippen LogP) is 3.54. The summed E-state index contributed by atoms with van der Waals surface area (Å²) >= 11 is 0. The van der Waals surface area contributed by atoms with Gasteiger partial charge in [0.15, 0.2) is 11.5 Å². The third kappa shape index (κ3) is 3.36. The van der Waals surface area contributed by atoms with Crippen LogP contribution in [0.2, 0.25) is 0 Å². The maximum Gasteiger partial charge on any atom is 0.314 e. The van der Waals surface area contributed by atoms with Crippen LogP contribution in [0, 0.1) is 0 Å². The summed E-state index contributed by atoms with van der Waals surface area (Å²) in [6.07, 6.45) is 6.36. The maximum atomic E-state index is 12.0. The van der Waals surface area contributed by atoms with Crippen LogP contribution in [0.4, 0.5) is 0 Å². The fourth-order valence-corrected chi connectivity index (χ4v) is 3.83. The normalized spacial score (nSPS) is 23.5. The quantitative estimate of drug-likeness (QED) is 0.892. The van der Waals surface area contributed by atoms with Gasteiger partial charge in [0.2, 0.25) is 0 Å². The van der Waals surface area contributed by atoms with Crippen molar-refractivity contribution in [2.24, 2.45) is 0 Å². The molecule has 3 rings (SSSR count). The molecule has 5 heteroatoms. The number of aliphatic carboxylic acids is 1. The fourth-order valence-electron chi connectivity index (χ4n) is 3.83. The van der Waals surface area contributed by atoms with Crippen LogP contribution in [0.25, 0.3) is 0 Å². The molecule has 1 unspecified atom stereocenters. The van der Waals surface area contributed by atoms with E-state index in [-0.39, 0.29) is 6.10 Å². The van der Waals surface area contributed by atoms with Crippen molar-refractivity contribution < 1.29 is 24.1 Å². The number of carboxylic acids is 1. The van der Waals surface area contributed by atoms with Crippen molar-refractivity contribution in [1.29, 1.82) is 0 Å². The van der Waals surface area contributed by atoms with Gasteiger partial charge in [-0.2, -0.15) is 0 Å². The van der Waals surface area contributed by atoms with Crippen molar-refractivity contribution >= 4 is 5.97 Å². The Morgan fingerprint density at radius 3 is 2.62 bits per heavy atom. The van der Waals surface area contributed by atoms with E-state index in [4.69, 9.17) is 14.2 Å². The molecule has 1 N–H and O–H groups in total. The molecule has 24 heavy (non-hydrogen) atoms. The lowest BCUT2D eigenvalue weighted by atomic mass is 9.69. The van der Waals surface area contributed by atoms with Crippen LogP contribution in [-0.2, 0) is 14.9 Å². The van der Waals surface area contributed by atoms with Crippen LogP contribution in [0.5, 0.6) is 11.5 Å². The highest BCUT2D eigenvalue weighted by atomic mass is 16.5. The molecule has 0 bridgehead atoms. The highest BCUT2D eigenvalue weighted by Crippen LogP contribution is 2.42. The zero-order valence-electron chi connectivity index (χ0n) is 14.3. The predicted molar refractivity (Wildman–Crippen MR) is 89.9 cm³/mol. The largest absolute Gasteiger partial charge is 0.493 e. The molecule has 1 heterocycles. The van der Waals surface area contributed by atoms with Gasteiger partial charge < -0.3 is 19.3 Å². The van der Waals surface area contributed by atoms with Gasteiger partial charge in [0.05, 0.1) is 19.1 Å². The number of ether oxygens (including phenoxy) is 3. The summed E-state index contributed by atoms with van der Waals surface area (Å²) in [5.74, 6) is 0.524. The summed E-state index contributed by atoms with van der Waals surface area (Å²) in [4.78, 5) is 12.0. The third-order valence-electron chi connectivity index (χ3n) is 5.24. The van der Waals surface area contributed by atoms with Gasteiger partial charge in [0.25, 0.3) is 0 Å². The van der Waals surface area contributed by atoms with Gasteiger partial charge in [-0.25, -0.2) is 0 Å². The molecule has 1 aliphatic heterocycles. The molecule has 2 fully saturated rings. The second kappa shape index (κ2) is 7.43. The van der Waals surface area contributed by atoms with Crippen LogP contribution in [0.15, 0.2) is 18.2 Å². The molecule has 0 radical (unpaired) electrons. The monoisotopic (exact) mass is 334 g/mol. The standard InChI is InChI=1S/C19H26O5/c1-22-17-12-14(19(18(20)21)9-3-2-4-10-19)7-8-16(17)24-15-6-5-11-23-13-15/h7-8,12,15H,2-6,9-11,13H2,1H3,(H,20,21). The van der Waals surface area contributed by atoms with E-state index in [1.54, 1.807) is 7.11 Å². The average Bonchev–Trinajstić information content (AvgIpc) is 2.63. The Morgan fingerprint density at radius 2 is 2.00 bits per heavy atom. The Hall–Kier alpha value is -1.75. The molecular formula is C19H26O5. The number of hydrogen-bond donors (Lipinski definition) is 1. The Bertz CT molecular complexity index is 571. The first-order valence-electron chi connectivity index (χ1n) is 8.82. The Kier molecular flexibility index (Phi) is 5.29. The topological polar surface area (TPSA) is 65.0 Å². The summed E-state index contributed by atoms with van der Waals surface area (Å²) < 4.78 is 17.0. The molecule has 1 aromatic carbocycles. The Morgan fingerprint density at radius 1 is 1.21 bits per heavy atom. The molecule has 0 spiro atoms. The minimum atomic E-state index is -0.794. The number of carboxylic acid groups (broad SMARTS) is 1. The van der Waals surface area contributed by atoms with Gasteiger partial charge in [0, 0.05) is 6.61 Å². The van der Waals surface area contributed by atoms with E-state index >= 15 is 0 Å². The van der Waals surface area contributed by atoms with Crippen molar-refractivity contribution in [2.75, 3.05) is 20.3 Å². The number of carbonyl (C=O) groups is 1. The van der Waals surface area contributed by atoms with Gasteiger partial charge in [0.1, 0.15) is 6.10 Å². The number of methoxy groups -OCH3 is 1. The lowest BCUT2D eigenvalue weighted by Crippen LogP contribution is -2.37. The second-order valence-corrected chi connectivity index (χ2v) is 6.77. The first kappa shape index (κ1) is 17.1. The number of hydrogen-bond acceptors (Lipinski definition) is 4. The molecule has 1 saturated heterocycles. The molecule has 1 saturated carbocycles. The van der Waals surface area contributed by atoms with Crippen molar-refractivity contribution in [3.63, 3.8) is 0 Å². The van der Waals surface area contributed by atoms with E-state index in [1.165, 1.54) is 0 Å². The minimum absolute atomic E-state index is 0.0293. The first-order valence-corrected chi connectivity index (χ1v) is 8.82. The van der Waals surface area contributed by atoms with E-state index in [0.717, 1.165) is 44.3 Å². The lowest BCUT2D eigenvalue weighted by molar-refractivity contribution is -0.145. The molecule has 0 aromatic heterocycles. The molecular weight excluding hydrogens is 308 g/mol. The maximum absolute atomic E-state index is 12.0. The Labute approximate surface area is 142 Å². The van der Waals surface area contributed by atoms with E-state index in [0.29, 0.717) is 30.9 Å². The summed E-state index contributed by atoms with van der Waals surface area (Å²) in [5.41, 5.74) is 0.0247. The van der Waals surface area contributed by atoms with Crippen molar-refractivity contribution in [3.05, 3.63) is 23.8 Å². The van der Waals surface area contributed by atoms with Gasteiger partial charge in [-0.3, -0.25) is 4.79 Å². The van der Waals surface area contributed by atoms with E-state index in [2.05, 4.69) is 0 Å². The van der Waals surface area contributed by atoms with Crippen LogP contribution >= 0.6 is 0 Å². The molecule has 132 valence electrons. The third-order valence-corrected chi connectivity index (χ3v) is 5.24. The average molecular weight is 334 g/mol. The van der Waals surface area contributed by atoms with Crippen LogP contribution in [-0.4, -0.2) is 37.5 Å². The smallest absolute Gasteiger partial charge is 0.314 e. The van der Waals surface area contributed by atoms with Gasteiger partial charge >= 0.3 is 5.97 Å². The second-order valence-electron chi connectivity index (χ2n) is 6.77. The van der Waals surface area contributed by atoms with E-state index < -0.39 is 11.4 Å². The number of benzene rings is 1. The van der Waals surface area contributed by atoms with Crippen LogP contribution in [0.1, 0.15) is 50.5 Å². The highest BCUT2D eigenvalue weighted by Gasteiger charge is 2.41. The summed E-state index contributed by atoms with van der Waals surface area (Å²) in [6, 6.07) is 5.58. The zero-order chi connectivity index (χ0) is 17.0. The number of rotatable bonds is 5. The molecule has 2 aliphatic rings. The van der Waals surface area contributed by atoms with E-state index in [9.17, 15) is 9.90 Å². The summed E-state index contributed by atoms with van der Waals surface area (Å²) in [6.45, 7) is 1.38. The lowest BCUT2D eigenvalue weighted by Gasteiger charge is -2.34. The first-order chi connectivity index (χ1) is 11.7. The molecule has 0 amide bonds. The van der Waals surface area contributed by atoms with Crippen molar-refractivity contribution in [3.8, 4) is 11.5 Å². The summed E-state index contributed by atoms with van der Waals surface area (Å²) in [5, 5.41) is 9.85. The van der Waals surface area contributed by atoms with Gasteiger partial charge in [-0.15, -0.1) is 0 Å². The van der Waals surface area contributed by atoms with Crippen molar-refractivity contribution in [1.82, 2.24) is 0 Å². The van der Waals surface area contributed by atoms with Gasteiger partial charge in [-0.1, -0.05) is 25.3 Å². The van der Waals surface area contributed by atoms with E-state index in [1.807, 2.05) is 18.2 Å². The van der Waals surface area contributed by atoms with Crippen molar-refractivity contribution in [2.45, 2.75) is 56.5 Å². The molecule has 1 aromatic rings. The summed E-state index contributed by atoms with van der Waals surface area (Å²) in [7, 11) is 1.59. The van der Waals surface area contributed by atoms with Crippen LogP contribution < -0.4 is 9.47 Å². The molecule has 1 atom stereocenters. The molecule has 1 aliphatic carbocycles. The Balaban J connectivity index is 1.86. The highest BCUT2D eigenvalue weighted by molar-refractivity contribution is 5.82. The minimum Gasteiger partial charge on any atom is -0.493 e. The van der Waals surface area contributed by atoms with Crippen LogP contribution in [0.3, 0.4) is 0 Å². The fraction of sp³-hybridized carbons (Fsp3) is 0.632. The SMILES string of the molecule is COc1cc(C2(C(=O)O)CCCCC2)ccc1OC1CCCOC1. The zero-order valence-corrected chi connectivity index (χ0v) is 14.3. The van der Waals surface area contributed by atoms with Gasteiger partial charge in [-0.05, 0) is 43.4 Å². The molecule has 5 nitrogen and oxygen atoms in total.